The van der Waals surface area contributed by atoms with Crippen LogP contribution in [0.1, 0.15) is 35.2 Å². The number of hydrogen-bond acceptors (Lipinski definition) is 4. The van der Waals surface area contributed by atoms with Crippen molar-refractivity contribution in [3.8, 4) is 11.5 Å². The molecule has 0 radical (unpaired) electrons. The molecule has 4 rings (SSSR count). The van der Waals surface area contributed by atoms with Gasteiger partial charge in [0.1, 0.15) is 0 Å². The van der Waals surface area contributed by atoms with Crippen LogP contribution < -0.4 is 20.1 Å². The molecule has 0 unspecified atom stereocenters. The molecule has 2 aromatic carbocycles. The first-order valence-corrected chi connectivity index (χ1v) is 9.47. The molecule has 6 nitrogen and oxygen atoms in total. The summed E-state index contributed by atoms with van der Waals surface area (Å²) in [6.45, 7) is 1.26. The van der Waals surface area contributed by atoms with Gasteiger partial charge in [-0.1, -0.05) is 6.07 Å². The maximum atomic E-state index is 12.2. The second-order valence-corrected chi connectivity index (χ2v) is 6.90. The number of fused-ring (bicyclic) bond motifs is 1. The second-order valence-electron chi connectivity index (χ2n) is 6.90. The van der Waals surface area contributed by atoms with Crippen LogP contribution in [0.5, 0.6) is 11.5 Å². The van der Waals surface area contributed by atoms with Gasteiger partial charge in [0.2, 0.25) is 5.91 Å². The van der Waals surface area contributed by atoms with Gasteiger partial charge >= 0.3 is 0 Å². The molecule has 1 aliphatic heterocycles. The standard InChI is InChI=1S/C22H22N2O4/c25-21(11-3-15-2-10-19-20(14-15)28-13-1-12-27-19)23-17-6-4-16(5-7-17)22(26)24-18-8-9-18/h2-7,10-11,14,18H,1,8-9,12-13H2,(H,23,25)(H,24,26). The summed E-state index contributed by atoms with van der Waals surface area (Å²) in [6.07, 6.45) is 6.14. The third-order valence-corrected chi connectivity index (χ3v) is 4.53. The number of anilines is 1. The van der Waals surface area contributed by atoms with E-state index in [1.54, 1.807) is 30.3 Å². The quantitative estimate of drug-likeness (QED) is 0.782. The van der Waals surface area contributed by atoms with E-state index in [0.29, 0.717) is 36.3 Å². The molecule has 2 aliphatic rings. The van der Waals surface area contributed by atoms with Gasteiger partial charge in [-0.3, -0.25) is 9.59 Å². The number of benzene rings is 2. The molecule has 0 bridgehead atoms. The zero-order chi connectivity index (χ0) is 19.3. The number of carbonyl (C=O) groups excluding carboxylic acids is 2. The van der Waals surface area contributed by atoms with Gasteiger partial charge in [-0.15, -0.1) is 0 Å². The molecular formula is C22H22N2O4. The molecule has 1 fully saturated rings. The molecule has 1 saturated carbocycles. The lowest BCUT2D eigenvalue weighted by atomic mass is 10.1. The van der Waals surface area contributed by atoms with Crippen LogP contribution in [-0.2, 0) is 4.79 Å². The Labute approximate surface area is 163 Å². The number of rotatable bonds is 5. The first-order chi connectivity index (χ1) is 13.7. The summed E-state index contributed by atoms with van der Waals surface area (Å²) in [4.78, 5) is 24.2. The molecule has 2 aromatic rings. The van der Waals surface area contributed by atoms with Crippen LogP contribution in [0, 0.1) is 0 Å². The van der Waals surface area contributed by atoms with E-state index < -0.39 is 0 Å². The molecule has 0 spiro atoms. The van der Waals surface area contributed by atoms with Gasteiger partial charge in [-0.05, 0) is 60.9 Å². The van der Waals surface area contributed by atoms with Crippen LogP contribution in [0.25, 0.3) is 6.08 Å². The number of ether oxygens (including phenoxy) is 2. The minimum absolute atomic E-state index is 0.0744. The Hall–Kier alpha value is -3.28. The van der Waals surface area contributed by atoms with E-state index in [2.05, 4.69) is 10.6 Å². The van der Waals surface area contributed by atoms with Crippen LogP contribution in [0.2, 0.25) is 0 Å². The Bertz CT molecular complexity index is 901. The van der Waals surface area contributed by atoms with Gasteiger partial charge in [0, 0.05) is 29.8 Å². The Morgan fingerprint density at radius 3 is 2.46 bits per heavy atom. The molecular weight excluding hydrogens is 356 g/mol. The van der Waals surface area contributed by atoms with Crippen molar-refractivity contribution in [2.75, 3.05) is 18.5 Å². The smallest absolute Gasteiger partial charge is 0.251 e. The third kappa shape index (κ3) is 4.71. The number of nitrogens with one attached hydrogen (secondary N) is 2. The molecule has 2 amide bonds. The third-order valence-electron chi connectivity index (χ3n) is 4.53. The molecule has 144 valence electrons. The van der Waals surface area contributed by atoms with E-state index in [-0.39, 0.29) is 11.8 Å². The number of amides is 2. The lowest BCUT2D eigenvalue weighted by Crippen LogP contribution is -2.25. The van der Waals surface area contributed by atoms with Crippen LogP contribution in [-0.4, -0.2) is 31.1 Å². The predicted molar refractivity (Wildman–Crippen MR) is 107 cm³/mol. The predicted octanol–water partition coefficient (Wildman–Crippen LogP) is 3.39. The molecule has 1 heterocycles. The lowest BCUT2D eigenvalue weighted by Gasteiger charge is -2.07. The Kier molecular flexibility index (Phi) is 5.28. The SMILES string of the molecule is O=C(C=Cc1ccc2c(c1)OCCCO2)Nc1ccc(C(=O)NC2CC2)cc1. The molecule has 2 N–H and O–H groups in total. The Balaban J connectivity index is 1.34. The molecule has 6 heteroatoms. The molecule has 0 saturated heterocycles. The molecule has 0 aromatic heterocycles. The summed E-state index contributed by atoms with van der Waals surface area (Å²) in [5.74, 6) is 1.10. The minimum atomic E-state index is -0.248. The van der Waals surface area contributed by atoms with Crippen molar-refractivity contribution in [2.45, 2.75) is 25.3 Å². The van der Waals surface area contributed by atoms with Crippen LogP contribution in [0.15, 0.2) is 48.5 Å². The van der Waals surface area contributed by atoms with E-state index >= 15 is 0 Å². The van der Waals surface area contributed by atoms with E-state index in [9.17, 15) is 9.59 Å². The molecule has 0 atom stereocenters. The normalized spacial score (nSPS) is 15.7. The average Bonchev–Trinajstić information content (AvgIpc) is 3.53. The van der Waals surface area contributed by atoms with Gasteiger partial charge < -0.3 is 20.1 Å². The second kappa shape index (κ2) is 8.17. The summed E-state index contributed by atoms with van der Waals surface area (Å²) in [7, 11) is 0. The fourth-order valence-electron chi connectivity index (χ4n) is 2.84. The van der Waals surface area contributed by atoms with Crippen molar-refractivity contribution in [3.05, 3.63) is 59.7 Å². The summed E-state index contributed by atoms with van der Waals surface area (Å²) in [5.41, 5.74) is 2.08. The van der Waals surface area contributed by atoms with E-state index in [1.165, 1.54) is 6.08 Å². The summed E-state index contributed by atoms with van der Waals surface area (Å²) >= 11 is 0. The van der Waals surface area contributed by atoms with E-state index in [1.807, 2.05) is 18.2 Å². The highest BCUT2D eigenvalue weighted by atomic mass is 16.5. The van der Waals surface area contributed by atoms with E-state index in [0.717, 1.165) is 30.6 Å². The fourth-order valence-corrected chi connectivity index (χ4v) is 2.84. The highest BCUT2D eigenvalue weighted by Crippen LogP contribution is 2.30. The molecule has 28 heavy (non-hydrogen) atoms. The van der Waals surface area contributed by atoms with Gasteiger partial charge in [-0.2, -0.15) is 0 Å². The van der Waals surface area contributed by atoms with Crippen molar-refractivity contribution >= 4 is 23.6 Å². The van der Waals surface area contributed by atoms with E-state index in [4.69, 9.17) is 9.47 Å². The van der Waals surface area contributed by atoms with Crippen LogP contribution in [0.4, 0.5) is 5.69 Å². The molecule has 1 aliphatic carbocycles. The fraction of sp³-hybridized carbons (Fsp3) is 0.273. The highest BCUT2D eigenvalue weighted by molar-refractivity contribution is 6.02. The van der Waals surface area contributed by atoms with Crippen molar-refractivity contribution < 1.29 is 19.1 Å². The lowest BCUT2D eigenvalue weighted by molar-refractivity contribution is -0.111. The monoisotopic (exact) mass is 378 g/mol. The summed E-state index contributed by atoms with van der Waals surface area (Å²) in [5, 5.41) is 5.73. The van der Waals surface area contributed by atoms with Crippen molar-refractivity contribution in [1.82, 2.24) is 5.32 Å². The summed E-state index contributed by atoms with van der Waals surface area (Å²) < 4.78 is 11.3. The topological polar surface area (TPSA) is 76.7 Å². The first kappa shape index (κ1) is 18.1. The number of hydrogen-bond donors (Lipinski definition) is 2. The highest BCUT2D eigenvalue weighted by Gasteiger charge is 2.23. The average molecular weight is 378 g/mol. The first-order valence-electron chi connectivity index (χ1n) is 9.47. The van der Waals surface area contributed by atoms with Crippen molar-refractivity contribution in [2.24, 2.45) is 0 Å². The van der Waals surface area contributed by atoms with Gasteiger partial charge in [0.15, 0.2) is 11.5 Å². The van der Waals surface area contributed by atoms with Crippen LogP contribution >= 0.6 is 0 Å². The summed E-state index contributed by atoms with van der Waals surface area (Å²) in [6, 6.07) is 12.8. The zero-order valence-electron chi connectivity index (χ0n) is 15.4. The maximum Gasteiger partial charge on any atom is 0.251 e. The largest absolute Gasteiger partial charge is 0.490 e. The van der Waals surface area contributed by atoms with Gasteiger partial charge in [-0.25, -0.2) is 0 Å². The van der Waals surface area contributed by atoms with Gasteiger partial charge in [0.05, 0.1) is 13.2 Å². The van der Waals surface area contributed by atoms with Crippen molar-refractivity contribution in [1.29, 1.82) is 0 Å². The van der Waals surface area contributed by atoms with Gasteiger partial charge in [0.25, 0.3) is 5.91 Å². The Morgan fingerprint density at radius 1 is 0.964 bits per heavy atom. The minimum Gasteiger partial charge on any atom is -0.490 e. The van der Waals surface area contributed by atoms with Crippen LogP contribution in [0.3, 0.4) is 0 Å². The van der Waals surface area contributed by atoms with Crippen molar-refractivity contribution in [3.63, 3.8) is 0 Å². The number of carbonyl (C=O) groups is 2. The Morgan fingerprint density at radius 2 is 1.71 bits per heavy atom. The maximum absolute atomic E-state index is 12.2. The zero-order valence-corrected chi connectivity index (χ0v) is 15.4.